The van der Waals surface area contributed by atoms with Gasteiger partial charge in [-0.1, -0.05) is 85.0 Å². The summed E-state index contributed by atoms with van der Waals surface area (Å²) in [5, 5.41) is 3.03. The highest BCUT2D eigenvalue weighted by Gasteiger charge is 2.45. The molecule has 0 aliphatic heterocycles. The number of imidazole rings is 1. The van der Waals surface area contributed by atoms with Crippen LogP contribution in [0, 0.1) is 11.8 Å². The van der Waals surface area contributed by atoms with E-state index >= 15 is 0 Å². The van der Waals surface area contributed by atoms with Crippen LogP contribution in [0.2, 0.25) is 0 Å². The Bertz CT molecular complexity index is 1120. The predicted octanol–water partition coefficient (Wildman–Crippen LogP) is 5.05. The second kappa shape index (κ2) is 9.22. The molecule has 4 heteroatoms. The van der Waals surface area contributed by atoms with Crippen LogP contribution in [0.3, 0.4) is 0 Å². The number of aryl methyl sites for hydroxylation is 1. The fourth-order valence-electron chi connectivity index (χ4n) is 5.65. The van der Waals surface area contributed by atoms with Crippen molar-refractivity contribution in [2.45, 2.75) is 38.1 Å². The normalized spacial score (nSPS) is 19.8. The second-order valence-corrected chi connectivity index (χ2v) is 9.00. The number of nitrogens with zero attached hydrogens (tertiary/aromatic N) is 2. The Morgan fingerprint density at radius 2 is 1.76 bits per heavy atom. The Hall–Kier alpha value is -3.40. The Balaban J connectivity index is 1.73. The van der Waals surface area contributed by atoms with Crippen LogP contribution in [0.5, 0.6) is 0 Å². The molecule has 4 nitrogen and oxygen atoms in total. The third-order valence-electron chi connectivity index (χ3n) is 7.17. The summed E-state index contributed by atoms with van der Waals surface area (Å²) in [5.74, 6) is 0.357. The first-order chi connectivity index (χ1) is 16.2. The van der Waals surface area contributed by atoms with Crippen molar-refractivity contribution in [1.29, 1.82) is 0 Å². The summed E-state index contributed by atoms with van der Waals surface area (Å²) < 4.78 is 2.40. The van der Waals surface area contributed by atoms with Gasteiger partial charge in [-0.3, -0.25) is 4.79 Å². The Morgan fingerprint density at radius 1 is 1.06 bits per heavy atom. The summed E-state index contributed by atoms with van der Waals surface area (Å²) in [6, 6.07) is 21.6. The summed E-state index contributed by atoms with van der Waals surface area (Å²) in [7, 11) is 0. The minimum atomic E-state index is -0.451. The fraction of sp³-hybridized carbons (Fsp3) is 0.310. The van der Waals surface area contributed by atoms with Crippen LogP contribution in [0.25, 0.3) is 0 Å². The summed E-state index contributed by atoms with van der Waals surface area (Å²) >= 11 is 0. The van der Waals surface area contributed by atoms with Gasteiger partial charge >= 0.3 is 0 Å². The van der Waals surface area contributed by atoms with E-state index in [1.165, 1.54) is 16.8 Å². The lowest BCUT2D eigenvalue weighted by Crippen LogP contribution is -2.45. The van der Waals surface area contributed by atoms with Gasteiger partial charge in [0.2, 0.25) is 5.91 Å². The van der Waals surface area contributed by atoms with E-state index in [9.17, 15) is 4.79 Å². The first kappa shape index (κ1) is 21.4. The lowest BCUT2D eigenvalue weighted by atomic mass is 9.70. The zero-order chi connectivity index (χ0) is 22.7. The van der Waals surface area contributed by atoms with Crippen molar-refractivity contribution in [3.8, 4) is 0 Å². The highest BCUT2D eigenvalue weighted by atomic mass is 16.1. The van der Waals surface area contributed by atoms with Crippen LogP contribution in [0.15, 0.2) is 91.3 Å². The summed E-state index contributed by atoms with van der Waals surface area (Å²) in [5.41, 5.74) is 4.34. The molecule has 1 aromatic heterocycles. The summed E-state index contributed by atoms with van der Waals surface area (Å²) in [4.78, 5) is 17.7. The molecule has 0 spiro atoms. The number of benzene rings is 2. The van der Waals surface area contributed by atoms with Gasteiger partial charge < -0.3 is 9.88 Å². The highest BCUT2D eigenvalue weighted by Crippen LogP contribution is 2.46. The molecule has 0 fully saturated rings. The molecule has 0 radical (unpaired) electrons. The third-order valence-corrected chi connectivity index (χ3v) is 7.17. The Morgan fingerprint density at radius 3 is 2.36 bits per heavy atom. The number of rotatable bonds is 6. The SMILES string of the molecule is CCNC(=O)C1CCc2ncn(C(c3ccccc3)(c3ccccc3)C3C=CC=CC3)c2C1. The molecule has 2 aromatic carbocycles. The molecule has 3 aromatic rings. The molecule has 5 rings (SSSR count). The number of fused-ring (bicyclic) bond motifs is 1. The molecule has 2 unspecified atom stereocenters. The van der Waals surface area contributed by atoms with Crippen molar-refractivity contribution in [3.63, 3.8) is 0 Å². The standard InChI is InChI=1S/C29H31N3O/c1-2-30-28(33)22-18-19-26-27(20-22)32(21-31-26)29(23-12-6-3-7-13-23,24-14-8-4-9-15-24)25-16-10-5-11-17-25/h3-16,21-22,25H,2,17-20H2,1H3,(H,30,33). The fourth-order valence-corrected chi connectivity index (χ4v) is 5.65. The van der Waals surface area contributed by atoms with E-state index in [4.69, 9.17) is 4.98 Å². The van der Waals surface area contributed by atoms with E-state index in [1.54, 1.807) is 0 Å². The van der Waals surface area contributed by atoms with Gasteiger partial charge in [-0.2, -0.15) is 0 Å². The van der Waals surface area contributed by atoms with Crippen molar-refractivity contribution in [1.82, 2.24) is 14.9 Å². The number of aromatic nitrogens is 2. The molecular formula is C29H31N3O. The van der Waals surface area contributed by atoms with Crippen molar-refractivity contribution in [2.24, 2.45) is 11.8 Å². The van der Waals surface area contributed by atoms with Gasteiger partial charge in [0, 0.05) is 30.5 Å². The predicted molar refractivity (Wildman–Crippen MR) is 132 cm³/mol. The van der Waals surface area contributed by atoms with Crippen LogP contribution in [-0.4, -0.2) is 22.0 Å². The first-order valence-corrected chi connectivity index (χ1v) is 12.0. The number of amides is 1. The lowest BCUT2D eigenvalue weighted by molar-refractivity contribution is -0.125. The summed E-state index contributed by atoms with van der Waals surface area (Å²) in [6.45, 7) is 2.65. The molecule has 0 bridgehead atoms. The zero-order valence-electron chi connectivity index (χ0n) is 19.2. The number of hydrogen-bond donors (Lipinski definition) is 1. The van der Waals surface area contributed by atoms with Crippen molar-refractivity contribution in [3.05, 3.63) is 114 Å². The largest absolute Gasteiger partial charge is 0.356 e. The average molecular weight is 438 g/mol. The van der Waals surface area contributed by atoms with Gasteiger partial charge in [-0.05, 0) is 37.3 Å². The molecule has 1 N–H and O–H groups in total. The maximum Gasteiger partial charge on any atom is 0.223 e. The van der Waals surface area contributed by atoms with E-state index in [0.29, 0.717) is 6.54 Å². The first-order valence-electron chi connectivity index (χ1n) is 12.0. The minimum absolute atomic E-state index is 0.0149. The van der Waals surface area contributed by atoms with Crippen LogP contribution in [0.4, 0.5) is 0 Å². The van der Waals surface area contributed by atoms with Crippen molar-refractivity contribution < 1.29 is 4.79 Å². The lowest BCUT2D eigenvalue weighted by Gasteiger charge is -2.44. The molecule has 2 atom stereocenters. The second-order valence-electron chi connectivity index (χ2n) is 9.00. The number of carbonyl (C=O) groups is 1. The average Bonchev–Trinajstić information content (AvgIpc) is 3.30. The smallest absolute Gasteiger partial charge is 0.223 e. The van der Waals surface area contributed by atoms with E-state index in [2.05, 4.69) is 94.9 Å². The highest BCUT2D eigenvalue weighted by molar-refractivity contribution is 5.79. The molecule has 1 amide bonds. The topological polar surface area (TPSA) is 46.9 Å². The zero-order valence-corrected chi connectivity index (χ0v) is 19.2. The molecule has 168 valence electrons. The molecular weight excluding hydrogens is 406 g/mol. The van der Waals surface area contributed by atoms with E-state index in [0.717, 1.165) is 31.4 Å². The molecule has 2 aliphatic carbocycles. The van der Waals surface area contributed by atoms with Crippen LogP contribution >= 0.6 is 0 Å². The van der Waals surface area contributed by atoms with Crippen LogP contribution in [-0.2, 0) is 23.2 Å². The van der Waals surface area contributed by atoms with E-state index < -0.39 is 5.54 Å². The quantitative estimate of drug-likeness (QED) is 0.587. The van der Waals surface area contributed by atoms with Crippen LogP contribution in [0.1, 0.15) is 42.3 Å². The van der Waals surface area contributed by atoms with Crippen molar-refractivity contribution in [2.75, 3.05) is 6.54 Å². The monoisotopic (exact) mass is 437 g/mol. The Labute approximate surface area is 196 Å². The number of allylic oxidation sites excluding steroid dienone is 4. The molecule has 33 heavy (non-hydrogen) atoms. The van der Waals surface area contributed by atoms with E-state index in [-0.39, 0.29) is 17.7 Å². The van der Waals surface area contributed by atoms with Gasteiger partial charge in [-0.25, -0.2) is 4.98 Å². The third kappa shape index (κ3) is 3.74. The summed E-state index contributed by atoms with van der Waals surface area (Å²) in [6.07, 6.45) is 14.2. The number of hydrogen-bond acceptors (Lipinski definition) is 2. The van der Waals surface area contributed by atoms with Crippen LogP contribution < -0.4 is 5.32 Å². The maximum atomic E-state index is 12.8. The van der Waals surface area contributed by atoms with Gasteiger partial charge in [0.1, 0.15) is 5.54 Å². The molecule has 1 heterocycles. The molecule has 0 saturated carbocycles. The Kier molecular flexibility index (Phi) is 5.99. The molecule has 0 saturated heterocycles. The maximum absolute atomic E-state index is 12.8. The molecule has 2 aliphatic rings. The van der Waals surface area contributed by atoms with Crippen molar-refractivity contribution >= 4 is 5.91 Å². The number of carbonyl (C=O) groups excluding carboxylic acids is 1. The van der Waals surface area contributed by atoms with Gasteiger partial charge in [-0.15, -0.1) is 0 Å². The van der Waals surface area contributed by atoms with Gasteiger partial charge in [0.05, 0.1) is 12.0 Å². The van der Waals surface area contributed by atoms with E-state index in [1.807, 2.05) is 13.3 Å². The number of nitrogens with one attached hydrogen (secondary N) is 1. The van der Waals surface area contributed by atoms with Gasteiger partial charge in [0.15, 0.2) is 0 Å². The van der Waals surface area contributed by atoms with Gasteiger partial charge in [0.25, 0.3) is 0 Å². The minimum Gasteiger partial charge on any atom is -0.356 e.